The van der Waals surface area contributed by atoms with Crippen molar-refractivity contribution in [2.75, 3.05) is 7.11 Å². The highest BCUT2D eigenvalue weighted by Gasteiger charge is 2.91. The minimum absolute atomic E-state index is 0.211. The van der Waals surface area contributed by atoms with Crippen LogP contribution in [0.15, 0.2) is 47.7 Å². The molecule has 6 atom stereocenters. The molecule has 0 heterocycles. The molecule has 11 nitrogen and oxygen atoms in total. The molecule has 0 aliphatic heterocycles. The van der Waals surface area contributed by atoms with Gasteiger partial charge in [0.25, 0.3) is 0 Å². The number of benzene rings is 2. The van der Waals surface area contributed by atoms with Crippen molar-refractivity contribution in [3.8, 4) is 22.6 Å². The van der Waals surface area contributed by atoms with E-state index in [1.54, 1.807) is 12.1 Å². The first-order chi connectivity index (χ1) is 21.7. The van der Waals surface area contributed by atoms with Crippen LogP contribution < -0.4 is 4.74 Å². The Morgan fingerprint density at radius 2 is 1.67 bits per heavy atom. The fraction of sp³-hybridized carbons (Fsp3) is 0.457. The average molecular weight is 633 g/mol. The van der Waals surface area contributed by atoms with Gasteiger partial charge in [-0.25, -0.2) is 4.79 Å². The van der Waals surface area contributed by atoms with Gasteiger partial charge < -0.3 is 40.5 Å². The fourth-order valence-electron chi connectivity index (χ4n) is 9.14. The van der Waals surface area contributed by atoms with Crippen molar-refractivity contribution in [1.29, 1.82) is 0 Å². The zero-order chi connectivity index (χ0) is 33.0. The second-order valence-electron chi connectivity index (χ2n) is 13.6. The summed E-state index contributed by atoms with van der Waals surface area (Å²) < 4.78 is 5.66. The number of phenolic OH excluding ortho intramolecular Hbond substituents is 1. The lowest BCUT2D eigenvalue weighted by Gasteiger charge is -2.56. The van der Waals surface area contributed by atoms with Gasteiger partial charge >= 0.3 is 5.97 Å². The van der Waals surface area contributed by atoms with Crippen molar-refractivity contribution in [1.82, 2.24) is 0 Å². The molecule has 0 amide bonds. The van der Waals surface area contributed by atoms with Crippen LogP contribution in [0.4, 0.5) is 0 Å². The topological polar surface area (TPSA) is 202 Å². The molecule has 0 bridgehead atoms. The van der Waals surface area contributed by atoms with Gasteiger partial charge in [-0.1, -0.05) is 43.5 Å². The number of ketones is 2. The minimum Gasteiger partial charge on any atom is -0.508 e. The van der Waals surface area contributed by atoms with Crippen molar-refractivity contribution in [2.24, 2.45) is 17.3 Å². The van der Waals surface area contributed by atoms with E-state index in [9.17, 15) is 50.1 Å². The normalized spacial score (nSPS) is 35.3. The number of rotatable bonds is 5. The molecule has 1 spiro atoms. The largest absolute Gasteiger partial charge is 0.508 e. The monoisotopic (exact) mass is 632 g/mol. The number of hydrogen-bond acceptors (Lipinski definition) is 10. The highest BCUT2D eigenvalue weighted by Crippen LogP contribution is 2.76. The predicted molar refractivity (Wildman–Crippen MR) is 162 cm³/mol. The van der Waals surface area contributed by atoms with Gasteiger partial charge in [-0.05, 0) is 53.6 Å². The fourth-order valence-corrected chi connectivity index (χ4v) is 9.14. The third-order valence-electron chi connectivity index (χ3n) is 11.3. The van der Waals surface area contributed by atoms with Crippen LogP contribution in [0.3, 0.4) is 0 Å². The molecule has 0 radical (unpaired) electrons. The molecule has 3 saturated carbocycles. The lowest BCUT2D eigenvalue weighted by atomic mass is 9.52. The number of carboxylic acids is 1. The van der Waals surface area contributed by atoms with Crippen LogP contribution in [-0.2, 0) is 16.0 Å². The van der Waals surface area contributed by atoms with Gasteiger partial charge in [-0.2, -0.15) is 0 Å². The molecule has 0 aromatic heterocycles. The number of aliphatic hydroxyl groups is 5. The van der Waals surface area contributed by atoms with E-state index in [1.165, 1.54) is 32.4 Å². The quantitative estimate of drug-likeness (QED) is 0.239. The summed E-state index contributed by atoms with van der Waals surface area (Å²) in [5.74, 6) is -6.62. The van der Waals surface area contributed by atoms with Crippen molar-refractivity contribution in [3.63, 3.8) is 0 Å². The summed E-state index contributed by atoms with van der Waals surface area (Å²) in [5.41, 5.74) is -9.33. The Labute approximate surface area is 264 Å². The van der Waals surface area contributed by atoms with Gasteiger partial charge in [0.05, 0.1) is 29.8 Å². The number of carbonyl (C=O) groups is 3. The highest BCUT2D eigenvalue weighted by molar-refractivity contribution is 6.19. The molecule has 3 fully saturated rings. The van der Waals surface area contributed by atoms with Gasteiger partial charge in [0, 0.05) is 30.7 Å². The lowest BCUT2D eigenvalue weighted by Crippen LogP contribution is -2.72. The summed E-state index contributed by atoms with van der Waals surface area (Å²) in [4.78, 5) is 39.1. The van der Waals surface area contributed by atoms with Crippen LogP contribution in [0.1, 0.15) is 66.4 Å². The second-order valence-corrected chi connectivity index (χ2v) is 13.6. The predicted octanol–water partition coefficient (Wildman–Crippen LogP) is 2.84. The van der Waals surface area contributed by atoms with E-state index in [0.29, 0.717) is 22.8 Å². The molecule has 242 valence electrons. The maximum absolute atomic E-state index is 14.4. The SMILES string of the molecule is COc1ccc(/C=C/C2CCCCC2)cc1-c1ccc(O)c2c1C[C@]1(O)C[C@]3(O)CC(=O)C(C(=O)O)=C(O)[C@]3(O)C3C(O)C31C2=O. The number of ether oxygens (including phenoxy) is 1. The van der Waals surface area contributed by atoms with Crippen molar-refractivity contribution < 1.29 is 54.9 Å². The van der Waals surface area contributed by atoms with E-state index in [-0.39, 0.29) is 17.5 Å². The summed E-state index contributed by atoms with van der Waals surface area (Å²) in [6, 6.07) is 8.45. The molecule has 7 N–H and O–H groups in total. The Balaban J connectivity index is 1.37. The van der Waals surface area contributed by atoms with Gasteiger partial charge in [-0.3, -0.25) is 9.59 Å². The number of aliphatic hydroxyl groups excluding tert-OH is 2. The molecular weight excluding hydrogens is 596 g/mol. The first kappa shape index (κ1) is 30.6. The van der Waals surface area contributed by atoms with E-state index >= 15 is 0 Å². The standard InChI is InChI=1S/C35H36O11/c1-46-24-12-9-18(8-7-17-5-3-2-4-6-17)13-20(24)19-10-11-22(36)25-21(19)14-32(43)16-33(44)15-23(37)26(31(41)42)29(39)35(33,45)27-30(40)34(27,32)28(25)38/h7-13,17,27,30,36,39-40,43-45H,2-6,14-16H2,1H3,(H,41,42)/b8-7+/t27?,30?,32-,33+,34?,35+/m0/s1. The van der Waals surface area contributed by atoms with Crippen molar-refractivity contribution >= 4 is 23.6 Å². The number of carboxylic acid groups (broad SMARTS) is 1. The molecule has 0 saturated heterocycles. The maximum atomic E-state index is 14.4. The summed E-state index contributed by atoms with van der Waals surface area (Å²) >= 11 is 0. The number of carbonyl (C=O) groups excluding carboxylic acids is 2. The third-order valence-corrected chi connectivity index (χ3v) is 11.3. The highest BCUT2D eigenvalue weighted by atomic mass is 16.5. The van der Waals surface area contributed by atoms with E-state index in [1.807, 2.05) is 18.2 Å². The maximum Gasteiger partial charge on any atom is 0.342 e. The first-order valence-electron chi connectivity index (χ1n) is 15.6. The summed E-state index contributed by atoms with van der Waals surface area (Å²) in [6.45, 7) is 0. The van der Waals surface area contributed by atoms with Crippen LogP contribution in [0.2, 0.25) is 0 Å². The molecule has 2 aromatic carbocycles. The Hall–Kier alpha value is -4.03. The van der Waals surface area contributed by atoms with E-state index in [4.69, 9.17) is 4.74 Å². The number of hydrogen-bond donors (Lipinski definition) is 7. The molecule has 46 heavy (non-hydrogen) atoms. The smallest absolute Gasteiger partial charge is 0.342 e. The second kappa shape index (κ2) is 9.98. The molecule has 3 unspecified atom stereocenters. The van der Waals surface area contributed by atoms with Crippen LogP contribution in [0, 0.1) is 17.3 Å². The zero-order valence-corrected chi connectivity index (χ0v) is 25.2. The number of aromatic hydroxyl groups is 1. The Bertz CT molecular complexity index is 1770. The molecule has 5 aliphatic rings. The number of phenols is 1. The summed E-state index contributed by atoms with van der Waals surface area (Å²) in [7, 11) is 1.49. The first-order valence-corrected chi connectivity index (χ1v) is 15.6. The number of aliphatic carboxylic acids is 1. The van der Waals surface area contributed by atoms with E-state index in [0.717, 1.165) is 18.4 Å². The Morgan fingerprint density at radius 3 is 2.35 bits per heavy atom. The zero-order valence-electron chi connectivity index (χ0n) is 25.2. The van der Waals surface area contributed by atoms with Crippen molar-refractivity contribution in [3.05, 3.63) is 64.4 Å². The molecule has 11 heteroatoms. The summed E-state index contributed by atoms with van der Waals surface area (Å²) in [5, 5.41) is 78.8. The van der Waals surface area contributed by atoms with Crippen LogP contribution in [0.25, 0.3) is 17.2 Å². The van der Waals surface area contributed by atoms with Crippen LogP contribution >= 0.6 is 0 Å². The van der Waals surface area contributed by atoms with Crippen LogP contribution in [0.5, 0.6) is 11.5 Å². The molecular formula is C35H36O11. The molecule has 5 aliphatic carbocycles. The number of allylic oxidation sites excluding steroid dienone is 1. The van der Waals surface area contributed by atoms with Gasteiger partial charge in [0.1, 0.15) is 28.4 Å². The van der Waals surface area contributed by atoms with E-state index in [2.05, 4.69) is 6.08 Å². The molecule has 2 aromatic rings. The molecule has 7 rings (SSSR count). The van der Waals surface area contributed by atoms with Gasteiger partial charge in [-0.15, -0.1) is 0 Å². The third kappa shape index (κ3) is 3.77. The summed E-state index contributed by atoms with van der Waals surface area (Å²) in [6.07, 6.45) is 6.01. The number of Topliss-reactive ketones (excluding diaryl/α,β-unsaturated/α-hetero) is 2. The van der Waals surface area contributed by atoms with Crippen molar-refractivity contribution in [2.45, 2.75) is 74.3 Å². The van der Waals surface area contributed by atoms with E-state index < -0.39 is 81.7 Å². The number of methoxy groups -OCH3 is 1. The van der Waals surface area contributed by atoms with Gasteiger partial charge in [0.2, 0.25) is 0 Å². The Morgan fingerprint density at radius 1 is 0.957 bits per heavy atom. The van der Waals surface area contributed by atoms with Gasteiger partial charge in [0.15, 0.2) is 17.2 Å². The minimum atomic E-state index is -2.94. The average Bonchev–Trinajstić information content (AvgIpc) is 3.65. The lowest BCUT2D eigenvalue weighted by molar-refractivity contribution is -0.233. The Kier molecular flexibility index (Phi) is 6.64. The number of fused-ring (bicyclic) bond motifs is 3. The van der Waals surface area contributed by atoms with Crippen LogP contribution in [-0.4, -0.2) is 83.3 Å².